The summed E-state index contributed by atoms with van der Waals surface area (Å²) in [6, 6.07) is 8.41. The fraction of sp³-hybridized carbons (Fsp3) is 0.533. The Morgan fingerprint density at radius 2 is 2.05 bits per heavy atom. The number of nitrogens with one attached hydrogen (secondary N) is 1. The summed E-state index contributed by atoms with van der Waals surface area (Å²) in [4.78, 5) is 8.95. The van der Waals surface area contributed by atoms with E-state index in [1.165, 1.54) is 25.1 Å². The highest BCUT2D eigenvalue weighted by atomic mass is 79.9. The molecule has 110 valence electrons. The normalized spacial score (nSPS) is 15.8. The summed E-state index contributed by atoms with van der Waals surface area (Å²) in [5.74, 6) is 0.952. The first-order valence-electron chi connectivity index (χ1n) is 7.07. The molecule has 0 bridgehead atoms. The van der Waals surface area contributed by atoms with Gasteiger partial charge < -0.3 is 15.1 Å². The van der Waals surface area contributed by atoms with E-state index in [1.54, 1.807) is 0 Å². The average molecular weight is 339 g/mol. The minimum atomic E-state index is 0.858. The van der Waals surface area contributed by atoms with Crippen LogP contribution in [0.4, 0.5) is 0 Å². The van der Waals surface area contributed by atoms with Gasteiger partial charge in [-0.15, -0.1) is 0 Å². The van der Waals surface area contributed by atoms with Crippen molar-refractivity contribution in [3.05, 3.63) is 34.3 Å². The van der Waals surface area contributed by atoms with Gasteiger partial charge in [-0.25, -0.2) is 0 Å². The zero-order valence-corrected chi connectivity index (χ0v) is 13.9. The van der Waals surface area contributed by atoms with E-state index in [1.807, 2.05) is 7.05 Å². The molecule has 20 heavy (non-hydrogen) atoms. The molecule has 4 nitrogen and oxygen atoms in total. The van der Waals surface area contributed by atoms with Crippen molar-refractivity contribution >= 4 is 21.9 Å². The zero-order chi connectivity index (χ0) is 14.4. The van der Waals surface area contributed by atoms with Crippen LogP contribution in [0.25, 0.3) is 0 Å². The Hall–Kier alpha value is -1.07. The number of likely N-dealkylation sites (tertiary alicyclic amines) is 1. The molecule has 0 radical (unpaired) electrons. The molecule has 1 heterocycles. The second-order valence-electron chi connectivity index (χ2n) is 5.15. The molecule has 0 spiro atoms. The number of hydrogen-bond donors (Lipinski definition) is 1. The number of aliphatic imine (C=N–C) groups is 1. The van der Waals surface area contributed by atoms with Crippen LogP contribution in [0.15, 0.2) is 33.7 Å². The summed E-state index contributed by atoms with van der Waals surface area (Å²) in [6.07, 6.45) is 1.35. The van der Waals surface area contributed by atoms with E-state index in [4.69, 9.17) is 0 Å². The Morgan fingerprint density at radius 3 is 2.60 bits per heavy atom. The van der Waals surface area contributed by atoms with Gasteiger partial charge in [0.05, 0.1) is 0 Å². The summed E-state index contributed by atoms with van der Waals surface area (Å²) < 4.78 is 1.11. The van der Waals surface area contributed by atoms with Crippen molar-refractivity contribution in [2.75, 3.05) is 40.3 Å². The fourth-order valence-corrected chi connectivity index (χ4v) is 2.52. The Morgan fingerprint density at radius 1 is 1.35 bits per heavy atom. The number of guanidine groups is 1. The first-order valence-corrected chi connectivity index (χ1v) is 7.87. The summed E-state index contributed by atoms with van der Waals surface area (Å²) in [5.41, 5.74) is 1.28. The first kappa shape index (κ1) is 15.3. The smallest absolute Gasteiger partial charge is 0.193 e. The predicted molar refractivity (Wildman–Crippen MR) is 88.0 cm³/mol. The van der Waals surface area contributed by atoms with Crippen LogP contribution < -0.4 is 5.32 Å². The van der Waals surface area contributed by atoms with Gasteiger partial charge in [0.25, 0.3) is 0 Å². The van der Waals surface area contributed by atoms with Crippen molar-refractivity contribution in [1.29, 1.82) is 0 Å². The Kier molecular flexibility index (Phi) is 5.86. The van der Waals surface area contributed by atoms with Gasteiger partial charge in [-0.1, -0.05) is 28.1 Å². The molecule has 0 atom stereocenters. The van der Waals surface area contributed by atoms with Crippen LogP contribution in [0.2, 0.25) is 0 Å². The lowest BCUT2D eigenvalue weighted by Gasteiger charge is -2.31. The minimum absolute atomic E-state index is 0.858. The molecule has 1 aromatic rings. The number of benzene rings is 1. The van der Waals surface area contributed by atoms with Crippen LogP contribution in [0.1, 0.15) is 12.0 Å². The maximum absolute atomic E-state index is 4.35. The van der Waals surface area contributed by atoms with Crippen molar-refractivity contribution in [3.63, 3.8) is 0 Å². The zero-order valence-electron chi connectivity index (χ0n) is 12.3. The topological polar surface area (TPSA) is 30.9 Å². The third kappa shape index (κ3) is 4.49. The fourth-order valence-electron chi connectivity index (χ4n) is 2.25. The number of nitrogens with zero attached hydrogens (tertiary/aromatic N) is 3. The highest BCUT2D eigenvalue weighted by Crippen LogP contribution is 2.11. The summed E-state index contributed by atoms with van der Waals surface area (Å²) in [5, 5.41) is 3.42. The summed E-state index contributed by atoms with van der Waals surface area (Å²) >= 11 is 3.46. The maximum atomic E-state index is 4.35. The molecule has 1 aromatic carbocycles. The number of rotatable bonds is 5. The highest BCUT2D eigenvalue weighted by Gasteiger charge is 2.13. The molecule has 0 aromatic heterocycles. The molecule has 1 fully saturated rings. The SMILES string of the molecule is CN=C(NCCN1CCC1)N(C)Cc1ccc(Br)cc1. The third-order valence-corrected chi connectivity index (χ3v) is 4.09. The van der Waals surface area contributed by atoms with E-state index in [2.05, 4.69) is 67.4 Å². The van der Waals surface area contributed by atoms with Crippen molar-refractivity contribution in [3.8, 4) is 0 Å². The second-order valence-corrected chi connectivity index (χ2v) is 6.07. The van der Waals surface area contributed by atoms with Gasteiger partial charge >= 0.3 is 0 Å². The third-order valence-electron chi connectivity index (χ3n) is 3.57. The van der Waals surface area contributed by atoms with Crippen LogP contribution in [-0.2, 0) is 6.54 Å². The largest absolute Gasteiger partial charge is 0.355 e. The van der Waals surface area contributed by atoms with Crippen molar-refractivity contribution < 1.29 is 0 Å². The van der Waals surface area contributed by atoms with Crippen LogP contribution >= 0.6 is 15.9 Å². The first-order chi connectivity index (χ1) is 9.69. The summed E-state index contributed by atoms with van der Waals surface area (Å²) in [7, 11) is 3.91. The maximum Gasteiger partial charge on any atom is 0.193 e. The highest BCUT2D eigenvalue weighted by molar-refractivity contribution is 9.10. The molecule has 2 rings (SSSR count). The molecule has 1 saturated heterocycles. The molecule has 5 heteroatoms. The Bertz CT molecular complexity index is 440. The van der Waals surface area contributed by atoms with Gasteiger partial charge in [0, 0.05) is 38.2 Å². The molecule has 1 aliphatic rings. The molecule has 1 N–H and O–H groups in total. The van der Waals surface area contributed by atoms with E-state index in [-0.39, 0.29) is 0 Å². The lowest BCUT2D eigenvalue weighted by atomic mass is 10.2. The average Bonchev–Trinajstić information content (AvgIpc) is 2.39. The molecular weight excluding hydrogens is 316 g/mol. The summed E-state index contributed by atoms with van der Waals surface area (Å²) in [6.45, 7) is 5.41. The Labute approximate surface area is 130 Å². The van der Waals surface area contributed by atoms with Gasteiger partial charge in [0.15, 0.2) is 5.96 Å². The van der Waals surface area contributed by atoms with Crippen LogP contribution in [0, 0.1) is 0 Å². The predicted octanol–water partition coefficient (Wildman–Crippen LogP) is 2.16. The van der Waals surface area contributed by atoms with Gasteiger partial charge in [0.1, 0.15) is 0 Å². The van der Waals surface area contributed by atoms with Gasteiger partial charge in [0.2, 0.25) is 0 Å². The number of halogens is 1. The lowest BCUT2D eigenvalue weighted by Crippen LogP contribution is -2.45. The van der Waals surface area contributed by atoms with Gasteiger partial charge in [-0.2, -0.15) is 0 Å². The van der Waals surface area contributed by atoms with Crippen LogP contribution in [0.3, 0.4) is 0 Å². The van der Waals surface area contributed by atoms with E-state index >= 15 is 0 Å². The van der Waals surface area contributed by atoms with E-state index in [0.29, 0.717) is 0 Å². The van der Waals surface area contributed by atoms with E-state index in [9.17, 15) is 0 Å². The number of hydrogen-bond acceptors (Lipinski definition) is 2. The van der Waals surface area contributed by atoms with Gasteiger partial charge in [-0.05, 0) is 37.2 Å². The lowest BCUT2D eigenvalue weighted by molar-refractivity contribution is 0.184. The second kappa shape index (κ2) is 7.64. The van der Waals surface area contributed by atoms with Crippen molar-refractivity contribution in [2.24, 2.45) is 4.99 Å². The Balaban J connectivity index is 1.78. The molecule has 1 aliphatic heterocycles. The molecule has 0 unspecified atom stereocenters. The van der Waals surface area contributed by atoms with Crippen LogP contribution in [-0.4, -0.2) is 56.0 Å². The molecule has 0 saturated carbocycles. The molecule has 0 amide bonds. The molecule has 0 aliphatic carbocycles. The van der Waals surface area contributed by atoms with Crippen LogP contribution in [0.5, 0.6) is 0 Å². The van der Waals surface area contributed by atoms with Gasteiger partial charge in [-0.3, -0.25) is 4.99 Å². The quantitative estimate of drug-likeness (QED) is 0.659. The van der Waals surface area contributed by atoms with Crippen molar-refractivity contribution in [2.45, 2.75) is 13.0 Å². The van der Waals surface area contributed by atoms with Crippen molar-refractivity contribution in [1.82, 2.24) is 15.1 Å². The van der Waals surface area contributed by atoms with E-state index < -0.39 is 0 Å². The monoisotopic (exact) mass is 338 g/mol. The molecular formula is C15H23BrN4. The standard InChI is InChI=1S/C15H23BrN4/c1-17-15(18-8-11-20-9-3-10-20)19(2)12-13-4-6-14(16)7-5-13/h4-7H,3,8-12H2,1-2H3,(H,17,18). The van der Waals surface area contributed by atoms with E-state index in [0.717, 1.165) is 30.1 Å². The minimum Gasteiger partial charge on any atom is -0.355 e.